The average molecular weight is 279 g/mol. The predicted octanol–water partition coefficient (Wildman–Crippen LogP) is 3.94. The molecule has 18 heavy (non-hydrogen) atoms. The summed E-state index contributed by atoms with van der Waals surface area (Å²) in [6.07, 6.45) is 1.59. The Labute approximate surface area is 116 Å². The zero-order chi connectivity index (χ0) is 13.0. The van der Waals surface area contributed by atoms with Gasteiger partial charge >= 0.3 is 0 Å². The Morgan fingerprint density at radius 2 is 2.22 bits per heavy atom. The number of para-hydroxylation sites is 1. The third-order valence-electron chi connectivity index (χ3n) is 2.79. The smallest absolute Gasteiger partial charge is 0.149 e. The fourth-order valence-electron chi connectivity index (χ4n) is 1.57. The third-order valence-corrected chi connectivity index (χ3v) is 5.22. The molecule has 1 aromatic heterocycles. The van der Waals surface area contributed by atoms with E-state index in [2.05, 4.69) is 24.9 Å². The number of aromatic nitrogens is 1. The quantitative estimate of drug-likeness (QED) is 0.802. The Bertz CT molecular complexity index is 502. The van der Waals surface area contributed by atoms with Crippen LogP contribution in [0.15, 0.2) is 24.3 Å². The second-order valence-corrected chi connectivity index (χ2v) is 6.86. The first-order valence-electron chi connectivity index (χ1n) is 6.16. The van der Waals surface area contributed by atoms with Crippen molar-refractivity contribution in [2.45, 2.75) is 31.9 Å². The van der Waals surface area contributed by atoms with Crippen molar-refractivity contribution in [2.24, 2.45) is 0 Å². The Morgan fingerprint density at radius 1 is 1.44 bits per heavy atom. The number of thioether (sulfide) groups is 1. The van der Waals surface area contributed by atoms with E-state index in [-0.39, 0.29) is 5.78 Å². The average Bonchev–Trinajstić information content (AvgIpc) is 2.77. The van der Waals surface area contributed by atoms with E-state index in [1.807, 2.05) is 18.2 Å². The molecule has 1 heterocycles. The zero-order valence-electron chi connectivity index (χ0n) is 10.7. The first-order chi connectivity index (χ1) is 8.69. The molecule has 2 rings (SSSR count). The SMILES string of the molecule is CCC(C)SCC(=O)Cc1nc2ccccc2s1. The van der Waals surface area contributed by atoms with Gasteiger partial charge in [-0.25, -0.2) is 4.98 Å². The van der Waals surface area contributed by atoms with Gasteiger partial charge in [0.25, 0.3) is 0 Å². The molecule has 0 fully saturated rings. The van der Waals surface area contributed by atoms with Gasteiger partial charge in [0.15, 0.2) is 0 Å². The maximum atomic E-state index is 11.9. The first-order valence-corrected chi connectivity index (χ1v) is 8.03. The van der Waals surface area contributed by atoms with Crippen molar-refractivity contribution in [1.82, 2.24) is 4.98 Å². The maximum absolute atomic E-state index is 11.9. The van der Waals surface area contributed by atoms with Crippen LogP contribution in [-0.2, 0) is 11.2 Å². The van der Waals surface area contributed by atoms with Crippen molar-refractivity contribution in [2.75, 3.05) is 5.75 Å². The van der Waals surface area contributed by atoms with Crippen molar-refractivity contribution in [3.05, 3.63) is 29.3 Å². The van der Waals surface area contributed by atoms with Crippen LogP contribution in [0.4, 0.5) is 0 Å². The number of ketones is 1. The van der Waals surface area contributed by atoms with Gasteiger partial charge in [-0.15, -0.1) is 11.3 Å². The summed E-state index contributed by atoms with van der Waals surface area (Å²) >= 11 is 3.36. The molecule has 0 saturated heterocycles. The van der Waals surface area contributed by atoms with Crippen LogP contribution in [0.25, 0.3) is 10.2 Å². The van der Waals surface area contributed by atoms with Crippen molar-refractivity contribution in [3.63, 3.8) is 0 Å². The van der Waals surface area contributed by atoms with Crippen LogP contribution >= 0.6 is 23.1 Å². The largest absolute Gasteiger partial charge is 0.298 e. The number of nitrogens with zero attached hydrogens (tertiary/aromatic N) is 1. The Balaban J connectivity index is 1.94. The van der Waals surface area contributed by atoms with Crippen molar-refractivity contribution in [3.8, 4) is 0 Å². The molecular weight excluding hydrogens is 262 g/mol. The lowest BCUT2D eigenvalue weighted by Crippen LogP contribution is -2.08. The normalized spacial score (nSPS) is 12.8. The summed E-state index contributed by atoms with van der Waals surface area (Å²) in [5.74, 6) is 0.879. The number of thiazole rings is 1. The molecule has 2 aromatic rings. The van der Waals surface area contributed by atoms with Crippen molar-refractivity contribution in [1.29, 1.82) is 0 Å². The third kappa shape index (κ3) is 3.56. The second-order valence-electron chi connectivity index (χ2n) is 4.32. The van der Waals surface area contributed by atoms with E-state index in [9.17, 15) is 4.79 Å². The van der Waals surface area contributed by atoms with Crippen LogP contribution < -0.4 is 0 Å². The van der Waals surface area contributed by atoms with Gasteiger partial charge in [0, 0.05) is 5.25 Å². The van der Waals surface area contributed by atoms with E-state index in [1.165, 1.54) is 0 Å². The van der Waals surface area contributed by atoms with E-state index < -0.39 is 0 Å². The molecule has 1 unspecified atom stereocenters. The zero-order valence-corrected chi connectivity index (χ0v) is 12.3. The topological polar surface area (TPSA) is 30.0 Å². The van der Waals surface area contributed by atoms with Crippen LogP contribution in [0.5, 0.6) is 0 Å². The van der Waals surface area contributed by atoms with E-state index in [4.69, 9.17) is 0 Å². The first kappa shape index (κ1) is 13.6. The van der Waals surface area contributed by atoms with Gasteiger partial charge in [-0.1, -0.05) is 26.0 Å². The minimum absolute atomic E-state index is 0.277. The number of carbonyl (C=O) groups excluding carboxylic acids is 1. The van der Waals surface area contributed by atoms with Gasteiger partial charge in [-0.05, 0) is 18.6 Å². The number of hydrogen-bond donors (Lipinski definition) is 0. The number of rotatable bonds is 6. The molecule has 0 radical (unpaired) electrons. The Kier molecular flexibility index (Phi) is 4.78. The molecule has 1 atom stereocenters. The number of Topliss-reactive ketones (excluding diaryl/α,β-unsaturated/α-hetero) is 1. The van der Waals surface area contributed by atoms with E-state index in [0.29, 0.717) is 17.4 Å². The summed E-state index contributed by atoms with van der Waals surface area (Å²) in [6, 6.07) is 8.03. The summed E-state index contributed by atoms with van der Waals surface area (Å²) < 4.78 is 1.16. The lowest BCUT2D eigenvalue weighted by Gasteiger charge is -2.05. The molecule has 96 valence electrons. The van der Waals surface area contributed by atoms with E-state index in [1.54, 1.807) is 23.1 Å². The van der Waals surface area contributed by atoms with Crippen molar-refractivity contribution < 1.29 is 4.79 Å². The van der Waals surface area contributed by atoms with Gasteiger partial charge < -0.3 is 0 Å². The molecule has 0 amide bonds. The number of fused-ring (bicyclic) bond motifs is 1. The molecule has 0 aliphatic rings. The number of hydrogen-bond acceptors (Lipinski definition) is 4. The number of benzene rings is 1. The van der Waals surface area contributed by atoms with Crippen LogP contribution in [0.2, 0.25) is 0 Å². The lowest BCUT2D eigenvalue weighted by atomic mass is 10.3. The summed E-state index contributed by atoms with van der Waals surface area (Å²) in [5.41, 5.74) is 1.000. The standard InChI is InChI=1S/C14H17NOS2/c1-3-10(2)17-9-11(16)8-14-15-12-6-4-5-7-13(12)18-14/h4-7,10H,3,8-9H2,1-2H3. The summed E-state index contributed by atoms with van der Waals surface area (Å²) in [4.78, 5) is 16.3. The fraction of sp³-hybridized carbons (Fsp3) is 0.429. The minimum Gasteiger partial charge on any atom is -0.298 e. The summed E-state index contributed by atoms with van der Waals surface area (Å²) in [6.45, 7) is 4.31. The molecule has 0 saturated carbocycles. The highest BCUT2D eigenvalue weighted by atomic mass is 32.2. The highest BCUT2D eigenvalue weighted by Gasteiger charge is 2.10. The fourth-order valence-corrected chi connectivity index (χ4v) is 3.37. The minimum atomic E-state index is 0.277. The monoisotopic (exact) mass is 279 g/mol. The van der Waals surface area contributed by atoms with Gasteiger partial charge in [0.05, 0.1) is 22.4 Å². The van der Waals surface area contributed by atoms with Crippen LogP contribution in [0, 0.1) is 0 Å². The highest BCUT2D eigenvalue weighted by molar-refractivity contribution is 8.00. The molecular formula is C14H17NOS2. The van der Waals surface area contributed by atoms with Gasteiger partial charge in [0.1, 0.15) is 10.8 Å². The Morgan fingerprint density at radius 3 is 2.94 bits per heavy atom. The van der Waals surface area contributed by atoms with Gasteiger partial charge in [-0.3, -0.25) is 4.79 Å². The van der Waals surface area contributed by atoms with E-state index in [0.717, 1.165) is 21.6 Å². The van der Waals surface area contributed by atoms with Gasteiger partial charge in [0.2, 0.25) is 0 Å². The molecule has 0 N–H and O–H groups in total. The second kappa shape index (κ2) is 6.34. The van der Waals surface area contributed by atoms with E-state index >= 15 is 0 Å². The van der Waals surface area contributed by atoms with Crippen LogP contribution in [0.3, 0.4) is 0 Å². The summed E-state index contributed by atoms with van der Waals surface area (Å²) in [5, 5.41) is 1.50. The molecule has 1 aromatic carbocycles. The van der Waals surface area contributed by atoms with Crippen molar-refractivity contribution >= 4 is 39.1 Å². The summed E-state index contributed by atoms with van der Waals surface area (Å²) in [7, 11) is 0. The van der Waals surface area contributed by atoms with Crippen LogP contribution in [-0.4, -0.2) is 21.8 Å². The molecule has 0 aliphatic carbocycles. The Hall–Kier alpha value is -0.870. The molecule has 0 bridgehead atoms. The molecule has 2 nitrogen and oxygen atoms in total. The molecule has 0 spiro atoms. The van der Waals surface area contributed by atoms with Gasteiger partial charge in [-0.2, -0.15) is 11.8 Å². The number of carbonyl (C=O) groups is 1. The maximum Gasteiger partial charge on any atom is 0.149 e. The molecule has 0 aliphatic heterocycles. The lowest BCUT2D eigenvalue weighted by molar-refractivity contribution is -0.116. The molecule has 4 heteroatoms. The predicted molar refractivity (Wildman–Crippen MR) is 80.5 cm³/mol. The van der Waals surface area contributed by atoms with Crippen LogP contribution in [0.1, 0.15) is 25.3 Å². The highest BCUT2D eigenvalue weighted by Crippen LogP contribution is 2.22.